The molecule has 0 atom stereocenters. The van der Waals surface area contributed by atoms with Crippen LogP contribution in [0, 0.1) is 12.5 Å². The van der Waals surface area contributed by atoms with Crippen molar-refractivity contribution >= 4 is 31.9 Å². The molecule has 1 aromatic rings. The molecule has 0 fully saturated rings. The Kier molecular flexibility index (Phi) is 2.98. The molecular weight excluding hydrogens is 272 g/mol. The Morgan fingerprint density at radius 1 is 1.36 bits per heavy atom. The number of hydrogen-bond acceptors (Lipinski definition) is 1. The normalized spacial score (nSPS) is 8.82. The number of hydrogen-bond donors (Lipinski definition) is 0. The average molecular weight is 276 g/mol. The molecular formula is C8H4Br2O. The molecule has 0 heterocycles. The molecule has 0 spiro atoms. The molecule has 0 radical (unpaired) electrons. The van der Waals surface area contributed by atoms with E-state index in [0.717, 1.165) is 8.95 Å². The highest BCUT2D eigenvalue weighted by Gasteiger charge is 2.02. The molecule has 0 amide bonds. The monoisotopic (exact) mass is 274 g/mol. The maximum absolute atomic E-state index is 4.97. The Labute approximate surface area is 82.0 Å². The lowest BCUT2D eigenvalue weighted by Crippen LogP contribution is -1.82. The highest BCUT2D eigenvalue weighted by Crippen LogP contribution is 2.31. The van der Waals surface area contributed by atoms with Gasteiger partial charge in [-0.05, 0) is 44.0 Å². The highest BCUT2D eigenvalue weighted by molar-refractivity contribution is 9.13. The standard InChI is InChI=1S/C8H4Br2O/c1-2-11-7-5-3-4-6(9)8(7)10/h1,3-5H. The minimum absolute atomic E-state index is 0.641. The van der Waals surface area contributed by atoms with Crippen molar-refractivity contribution in [2.24, 2.45) is 0 Å². The number of halogens is 2. The van der Waals surface area contributed by atoms with Crippen LogP contribution in [-0.4, -0.2) is 0 Å². The van der Waals surface area contributed by atoms with Crippen molar-refractivity contribution < 1.29 is 4.74 Å². The Morgan fingerprint density at radius 3 is 2.73 bits per heavy atom. The summed E-state index contributed by atoms with van der Waals surface area (Å²) in [4.78, 5) is 0. The van der Waals surface area contributed by atoms with Crippen LogP contribution in [0.15, 0.2) is 27.1 Å². The molecule has 0 aliphatic heterocycles. The molecule has 0 aliphatic rings. The highest BCUT2D eigenvalue weighted by atomic mass is 79.9. The Bertz CT molecular complexity index is 301. The lowest BCUT2D eigenvalue weighted by Gasteiger charge is -2.00. The zero-order valence-electron chi connectivity index (χ0n) is 5.47. The maximum atomic E-state index is 4.97. The van der Waals surface area contributed by atoms with Gasteiger partial charge >= 0.3 is 0 Å². The second-order valence-electron chi connectivity index (χ2n) is 1.77. The first-order chi connectivity index (χ1) is 5.25. The van der Waals surface area contributed by atoms with E-state index >= 15 is 0 Å². The van der Waals surface area contributed by atoms with Crippen LogP contribution in [0.3, 0.4) is 0 Å². The Morgan fingerprint density at radius 2 is 2.09 bits per heavy atom. The van der Waals surface area contributed by atoms with Gasteiger partial charge in [0.2, 0.25) is 0 Å². The van der Waals surface area contributed by atoms with E-state index in [1.165, 1.54) is 0 Å². The van der Waals surface area contributed by atoms with Crippen molar-refractivity contribution in [3.05, 3.63) is 27.1 Å². The van der Waals surface area contributed by atoms with Crippen LogP contribution < -0.4 is 4.74 Å². The second kappa shape index (κ2) is 3.80. The van der Waals surface area contributed by atoms with Gasteiger partial charge in [-0.25, -0.2) is 0 Å². The van der Waals surface area contributed by atoms with Gasteiger partial charge in [0.25, 0.3) is 0 Å². The van der Waals surface area contributed by atoms with Gasteiger partial charge in [0, 0.05) is 4.47 Å². The summed E-state index contributed by atoms with van der Waals surface area (Å²) in [5.41, 5.74) is 0. The summed E-state index contributed by atoms with van der Waals surface area (Å²) in [5.74, 6) is 0.641. The second-order valence-corrected chi connectivity index (χ2v) is 3.42. The van der Waals surface area contributed by atoms with Gasteiger partial charge in [0.05, 0.1) is 4.47 Å². The Balaban J connectivity index is 3.08. The molecule has 0 aliphatic carbocycles. The quantitative estimate of drug-likeness (QED) is 0.716. The maximum Gasteiger partial charge on any atom is 0.155 e. The molecule has 3 heteroatoms. The number of rotatable bonds is 1. The summed E-state index contributed by atoms with van der Waals surface area (Å²) in [6.07, 6.45) is 7.07. The van der Waals surface area contributed by atoms with Crippen LogP contribution in [-0.2, 0) is 0 Å². The van der Waals surface area contributed by atoms with E-state index in [9.17, 15) is 0 Å². The van der Waals surface area contributed by atoms with Crippen LogP contribution in [0.25, 0.3) is 0 Å². The molecule has 1 aromatic carbocycles. The summed E-state index contributed by atoms with van der Waals surface area (Å²) in [6.45, 7) is 0. The molecule has 1 nitrogen and oxygen atoms in total. The van der Waals surface area contributed by atoms with Gasteiger partial charge in [0.15, 0.2) is 5.75 Å². The molecule has 56 valence electrons. The fraction of sp³-hybridized carbons (Fsp3) is 0. The van der Waals surface area contributed by atoms with E-state index in [4.69, 9.17) is 11.2 Å². The first kappa shape index (κ1) is 8.63. The topological polar surface area (TPSA) is 9.23 Å². The van der Waals surface area contributed by atoms with Gasteiger partial charge < -0.3 is 4.74 Å². The predicted octanol–water partition coefficient (Wildman–Crippen LogP) is 3.18. The van der Waals surface area contributed by atoms with E-state index in [0.29, 0.717) is 5.75 Å². The van der Waals surface area contributed by atoms with Crippen LogP contribution in [0.1, 0.15) is 0 Å². The van der Waals surface area contributed by atoms with Gasteiger partial charge in [-0.3, -0.25) is 0 Å². The van der Waals surface area contributed by atoms with E-state index < -0.39 is 0 Å². The van der Waals surface area contributed by atoms with Gasteiger partial charge in [0.1, 0.15) is 6.11 Å². The summed E-state index contributed by atoms with van der Waals surface area (Å²) >= 11 is 6.63. The van der Waals surface area contributed by atoms with Crippen LogP contribution in [0.2, 0.25) is 0 Å². The van der Waals surface area contributed by atoms with Crippen molar-refractivity contribution in [2.45, 2.75) is 0 Å². The smallest absolute Gasteiger partial charge is 0.155 e. The summed E-state index contributed by atoms with van der Waals surface area (Å²) in [7, 11) is 0. The third-order valence-corrected chi connectivity index (χ3v) is 3.10. The predicted molar refractivity (Wildman–Crippen MR) is 51.3 cm³/mol. The molecule has 1 rings (SSSR count). The summed E-state index contributed by atoms with van der Waals surface area (Å²) < 4.78 is 6.62. The first-order valence-corrected chi connectivity index (χ1v) is 4.40. The average Bonchev–Trinajstić information content (AvgIpc) is 1.99. The zero-order chi connectivity index (χ0) is 8.27. The van der Waals surface area contributed by atoms with Gasteiger partial charge in [-0.2, -0.15) is 0 Å². The Hall–Kier alpha value is -0.460. The van der Waals surface area contributed by atoms with Crippen LogP contribution in [0.4, 0.5) is 0 Å². The minimum atomic E-state index is 0.641. The van der Waals surface area contributed by atoms with Crippen molar-refractivity contribution in [3.8, 4) is 18.3 Å². The van der Waals surface area contributed by atoms with E-state index in [-0.39, 0.29) is 0 Å². The lowest BCUT2D eigenvalue weighted by atomic mass is 10.3. The zero-order valence-corrected chi connectivity index (χ0v) is 8.65. The van der Waals surface area contributed by atoms with E-state index in [1.807, 2.05) is 12.1 Å². The number of ether oxygens (including phenoxy) is 1. The molecule has 0 aromatic heterocycles. The van der Waals surface area contributed by atoms with Gasteiger partial charge in [-0.1, -0.05) is 12.5 Å². The third-order valence-electron chi connectivity index (χ3n) is 1.09. The number of terminal acetylenes is 1. The van der Waals surface area contributed by atoms with E-state index in [1.54, 1.807) is 6.07 Å². The summed E-state index contributed by atoms with van der Waals surface area (Å²) in [5, 5.41) is 0. The van der Waals surface area contributed by atoms with Crippen molar-refractivity contribution in [2.75, 3.05) is 0 Å². The van der Waals surface area contributed by atoms with Gasteiger partial charge in [-0.15, -0.1) is 0 Å². The van der Waals surface area contributed by atoms with Crippen LogP contribution in [0.5, 0.6) is 5.75 Å². The fourth-order valence-electron chi connectivity index (χ4n) is 0.626. The lowest BCUT2D eigenvalue weighted by molar-refractivity contribution is 0.517. The molecule has 11 heavy (non-hydrogen) atoms. The van der Waals surface area contributed by atoms with Crippen molar-refractivity contribution in [1.82, 2.24) is 0 Å². The molecule has 0 saturated heterocycles. The van der Waals surface area contributed by atoms with Crippen molar-refractivity contribution in [1.29, 1.82) is 0 Å². The number of benzene rings is 1. The molecule has 0 saturated carbocycles. The fourth-order valence-corrected chi connectivity index (χ4v) is 1.32. The SMILES string of the molecule is C#COc1cccc(Br)c1Br. The van der Waals surface area contributed by atoms with Crippen molar-refractivity contribution in [3.63, 3.8) is 0 Å². The largest absolute Gasteiger partial charge is 0.407 e. The third kappa shape index (κ3) is 1.98. The van der Waals surface area contributed by atoms with E-state index in [2.05, 4.69) is 38.0 Å². The molecule has 0 N–H and O–H groups in total. The minimum Gasteiger partial charge on any atom is -0.407 e. The summed E-state index contributed by atoms with van der Waals surface area (Å²) in [6, 6.07) is 5.53. The molecule has 0 bridgehead atoms. The molecule has 0 unspecified atom stereocenters. The first-order valence-electron chi connectivity index (χ1n) is 2.82. The van der Waals surface area contributed by atoms with Crippen LogP contribution >= 0.6 is 31.9 Å².